The van der Waals surface area contributed by atoms with Gasteiger partial charge in [-0.05, 0) is 45.7 Å². The van der Waals surface area contributed by atoms with Gasteiger partial charge in [0.2, 0.25) is 0 Å². The molecule has 3 rings (SSSR count). The van der Waals surface area contributed by atoms with Crippen LogP contribution in [0.5, 0.6) is 0 Å². The predicted octanol–water partition coefficient (Wildman–Crippen LogP) is 1.31. The summed E-state index contributed by atoms with van der Waals surface area (Å²) < 4.78 is 4.02. The van der Waals surface area contributed by atoms with Crippen molar-refractivity contribution in [1.29, 1.82) is 0 Å². The molecule has 0 atom stereocenters. The van der Waals surface area contributed by atoms with Crippen molar-refractivity contribution >= 4 is 0 Å². The van der Waals surface area contributed by atoms with Crippen LogP contribution in [-0.2, 0) is 13.2 Å². The average molecular weight is 318 g/mol. The van der Waals surface area contributed by atoms with Gasteiger partial charge in [-0.15, -0.1) is 5.10 Å². The minimum Gasteiger partial charge on any atom is -0.390 e. The molecule has 1 fully saturated rings. The van der Waals surface area contributed by atoms with Gasteiger partial charge in [-0.3, -0.25) is 4.68 Å². The molecule has 0 saturated carbocycles. The molecular formula is C16H26N6O. The van der Waals surface area contributed by atoms with E-state index >= 15 is 0 Å². The van der Waals surface area contributed by atoms with Gasteiger partial charge in [-0.1, -0.05) is 5.21 Å². The van der Waals surface area contributed by atoms with E-state index in [0.29, 0.717) is 11.7 Å². The van der Waals surface area contributed by atoms with Crippen LogP contribution in [0.1, 0.15) is 42.4 Å². The van der Waals surface area contributed by atoms with E-state index in [-0.39, 0.29) is 6.61 Å². The third kappa shape index (κ3) is 3.97. The molecular weight excluding hydrogens is 292 g/mol. The van der Waals surface area contributed by atoms with Crippen molar-refractivity contribution in [3.8, 4) is 0 Å². The number of nitrogens with zero attached hydrogens (tertiary/aromatic N) is 6. The number of aromatic nitrogens is 5. The lowest BCUT2D eigenvalue weighted by molar-refractivity contribution is 0.174. The SMILES string of the molecule is Cc1cc(C)n(CCCN2CCC(n3cc(CO)nn3)CC2)n1. The average Bonchev–Trinajstić information content (AvgIpc) is 3.15. The van der Waals surface area contributed by atoms with Crippen molar-refractivity contribution in [3.63, 3.8) is 0 Å². The zero-order valence-corrected chi connectivity index (χ0v) is 14.0. The van der Waals surface area contributed by atoms with Crippen LogP contribution in [0.3, 0.4) is 0 Å². The summed E-state index contributed by atoms with van der Waals surface area (Å²) in [6.07, 6.45) is 5.18. The number of hydrogen-bond acceptors (Lipinski definition) is 5. The fourth-order valence-electron chi connectivity index (χ4n) is 3.32. The molecule has 3 heterocycles. The van der Waals surface area contributed by atoms with Crippen LogP contribution in [0, 0.1) is 13.8 Å². The molecule has 2 aromatic heterocycles. The van der Waals surface area contributed by atoms with Crippen molar-refractivity contribution in [2.24, 2.45) is 0 Å². The first-order chi connectivity index (χ1) is 11.2. The third-order valence-corrected chi connectivity index (χ3v) is 4.60. The number of piperidine rings is 1. The molecule has 2 aromatic rings. The number of aliphatic hydroxyl groups is 1. The topological polar surface area (TPSA) is 72.0 Å². The summed E-state index contributed by atoms with van der Waals surface area (Å²) in [5.41, 5.74) is 2.99. The highest BCUT2D eigenvalue weighted by atomic mass is 16.3. The molecule has 0 aliphatic carbocycles. The first kappa shape index (κ1) is 16.1. The summed E-state index contributed by atoms with van der Waals surface area (Å²) in [6.45, 7) is 8.41. The van der Waals surface area contributed by atoms with Gasteiger partial charge in [0.05, 0.1) is 24.5 Å². The normalized spacial score (nSPS) is 17.0. The van der Waals surface area contributed by atoms with E-state index in [9.17, 15) is 0 Å². The Morgan fingerprint density at radius 2 is 2.00 bits per heavy atom. The second-order valence-electron chi connectivity index (χ2n) is 6.42. The van der Waals surface area contributed by atoms with Crippen LogP contribution in [0.25, 0.3) is 0 Å². The first-order valence-electron chi connectivity index (χ1n) is 8.40. The molecule has 1 aliphatic rings. The van der Waals surface area contributed by atoms with Gasteiger partial charge in [0.1, 0.15) is 5.69 Å². The summed E-state index contributed by atoms with van der Waals surface area (Å²) in [4.78, 5) is 2.52. The van der Waals surface area contributed by atoms with Gasteiger partial charge in [0.15, 0.2) is 0 Å². The third-order valence-electron chi connectivity index (χ3n) is 4.60. The van der Waals surface area contributed by atoms with Crippen LogP contribution in [0.4, 0.5) is 0 Å². The maximum Gasteiger partial charge on any atom is 0.108 e. The van der Waals surface area contributed by atoms with Gasteiger partial charge in [0, 0.05) is 25.3 Å². The van der Waals surface area contributed by atoms with Crippen molar-refractivity contribution < 1.29 is 5.11 Å². The van der Waals surface area contributed by atoms with Crippen LogP contribution in [0.15, 0.2) is 12.3 Å². The Hall–Kier alpha value is -1.73. The molecule has 0 unspecified atom stereocenters. The molecule has 0 amide bonds. The largest absolute Gasteiger partial charge is 0.390 e. The maximum absolute atomic E-state index is 9.07. The van der Waals surface area contributed by atoms with Crippen molar-refractivity contribution in [3.05, 3.63) is 29.3 Å². The number of hydrogen-bond donors (Lipinski definition) is 1. The highest BCUT2D eigenvalue weighted by molar-refractivity contribution is 5.06. The van der Waals surface area contributed by atoms with Crippen LogP contribution in [0.2, 0.25) is 0 Å². The van der Waals surface area contributed by atoms with Crippen molar-refractivity contribution in [2.45, 2.75) is 52.3 Å². The fourth-order valence-corrected chi connectivity index (χ4v) is 3.32. The zero-order chi connectivity index (χ0) is 16.2. The first-order valence-corrected chi connectivity index (χ1v) is 8.40. The lowest BCUT2D eigenvalue weighted by atomic mass is 10.1. The number of aryl methyl sites for hydroxylation is 3. The molecule has 1 aliphatic heterocycles. The van der Waals surface area contributed by atoms with E-state index in [4.69, 9.17) is 5.11 Å². The Balaban J connectivity index is 1.41. The molecule has 0 radical (unpaired) electrons. The molecule has 1 N–H and O–H groups in total. The lowest BCUT2D eigenvalue weighted by Gasteiger charge is -2.31. The standard InChI is InChI=1S/C16H26N6O/c1-13-10-14(2)21(18-13)7-3-6-20-8-4-16(5-9-20)22-11-15(12-23)17-19-22/h10-11,16,23H,3-9,12H2,1-2H3. The Morgan fingerprint density at radius 3 is 2.61 bits per heavy atom. The summed E-state index contributed by atoms with van der Waals surface area (Å²) in [5.74, 6) is 0. The maximum atomic E-state index is 9.07. The van der Waals surface area contributed by atoms with E-state index in [0.717, 1.165) is 51.1 Å². The van der Waals surface area contributed by atoms with Crippen molar-refractivity contribution in [2.75, 3.05) is 19.6 Å². The minimum atomic E-state index is -0.0365. The molecule has 23 heavy (non-hydrogen) atoms. The monoisotopic (exact) mass is 318 g/mol. The van der Waals surface area contributed by atoms with E-state index in [1.807, 2.05) is 17.8 Å². The summed E-state index contributed by atoms with van der Waals surface area (Å²) >= 11 is 0. The van der Waals surface area contributed by atoms with Gasteiger partial charge in [-0.2, -0.15) is 5.10 Å². The highest BCUT2D eigenvalue weighted by Crippen LogP contribution is 2.21. The Labute approximate surface area is 136 Å². The summed E-state index contributed by atoms with van der Waals surface area (Å²) in [7, 11) is 0. The second kappa shape index (κ2) is 7.23. The number of likely N-dealkylation sites (tertiary alicyclic amines) is 1. The van der Waals surface area contributed by atoms with Crippen LogP contribution < -0.4 is 0 Å². The Morgan fingerprint density at radius 1 is 1.22 bits per heavy atom. The van der Waals surface area contributed by atoms with Gasteiger partial charge in [0.25, 0.3) is 0 Å². The van der Waals surface area contributed by atoms with Crippen LogP contribution in [-0.4, -0.2) is 54.4 Å². The van der Waals surface area contributed by atoms with Gasteiger partial charge in [-0.25, -0.2) is 4.68 Å². The molecule has 7 nitrogen and oxygen atoms in total. The highest BCUT2D eigenvalue weighted by Gasteiger charge is 2.21. The Bertz CT molecular complexity index is 626. The smallest absolute Gasteiger partial charge is 0.108 e. The van der Waals surface area contributed by atoms with E-state index in [2.05, 4.69) is 38.0 Å². The van der Waals surface area contributed by atoms with Crippen LogP contribution >= 0.6 is 0 Å². The molecule has 1 saturated heterocycles. The lowest BCUT2D eigenvalue weighted by Crippen LogP contribution is -2.35. The molecule has 126 valence electrons. The summed E-state index contributed by atoms with van der Waals surface area (Å²) in [6, 6.07) is 2.54. The quantitative estimate of drug-likeness (QED) is 0.869. The molecule has 0 aromatic carbocycles. The molecule has 0 bridgehead atoms. The minimum absolute atomic E-state index is 0.0365. The van der Waals surface area contributed by atoms with Gasteiger partial charge < -0.3 is 10.0 Å². The fraction of sp³-hybridized carbons (Fsp3) is 0.688. The number of rotatable bonds is 6. The molecule has 0 spiro atoms. The predicted molar refractivity (Wildman–Crippen MR) is 87.0 cm³/mol. The second-order valence-corrected chi connectivity index (χ2v) is 6.42. The van der Waals surface area contributed by atoms with E-state index in [1.165, 1.54) is 5.69 Å². The van der Waals surface area contributed by atoms with E-state index < -0.39 is 0 Å². The zero-order valence-electron chi connectivity index (χ0n) is 14.0. The number of aliphatic hydroxyl groups excluding tert-OH is 1. The van der Waals surface area contributed by atoms with Crippen molar-refractivity contribution in [1.82, 2.24) is 29.7 Å². The molecule has 7 heteroatoms. The Kier molecular flexibility index (Phi) is 5.07. The van der Waals surface area contributed by atoms with E-state index in [1.54, 1.807) is 0 Å². The summed E-state index contributed by atoms with van der Waals surface area (Å²) in [5, 5.41) is 21.7. The van der Waals surface area contributed by atoms with Gasteiger partial charge >= 0.3 is 0 Å².